The van der Waals surface area contributed by atoms with Gasteiger partial charge in [0.05, 0.1) is 11.5 Å². The SMILES string of the molecule is Cc1ccc(N2CCN(CCCOc3ccc(S(=O)(=O)C4(C(=O)NO)CCOCC4)cc3)C2=O)cc1. The largest absolute Gasteiger partial charge is 0.494 e. The first kappa shape index (κ1) is 25.9. The lowest BCUT2D eigenvalue weighted by Crippen LogP contribution is -2.54. The maximum Gasteiger partial charge on any atom is 0.324 e. The van der Waals surface area contributed by atoms with Crippen LogP contribution >= 0.6 is 0 Å². The van der Waals surface area contributed by atoms with Crippen LogP contribution in [0.25, 0.3) is 0 Å². The van der Waals surface area contributed by atoms with Gasteiger partial charge in [-0.05, 0) is 62.6 Å². The summed E-state index contributed by atoms with van der Waals surface area (Å²) in [6.45, 7) is 4.41. The quantitative estimate of drug-likeness (QED) is 0.297. The second-order valence-corrected chi connectivity index (χ2v) is 11.2. The first-order valence-electron chi connectivity index (χ1n) is 11.9. The summed E-state index contributed by atoms with van der Waals surface area (Å²) in [5.74, 6) is -0.473. The standard InChI is InChI=1S/C25H31N3O7S/c1-19-3-5-20(6-4-19)28-15-14-27(24(28)30)13-2-16-35-21-7-9-22(10-8-21)36(32,33)25(23(29)26-31)11-17-34-18-12-25/h3-10,31H,2,11-18H2,1H3,(H,26,29). The minimum atomic E-state index is -4.08. The molecule has 0 radical (unpaired) electrons. The van der Waals surface area contributed by atoms with Gasteiger partial charge >= 0.3 is 6.03 Å². The van der Waals surface area contributed by atoms with Crippen LogP contribution < -0.4 is 15.1 Å². The molecule has 11 heteroatoms. The Morgan fingerprint density at radius 1 is 1.08 bits per heavy atom. The summed E-state index contributed by atoms with van der Waals surface area (Å²) in [5.41, 5.74) is 3.54. The predicted molar refractivity (Wildman–Crippen MR) is 132 cm³/mol. The van der Waals surface area contributed by atoms with Crippen LogP contribution in [-0.2, 0) is 19.4 Å². The molecule has 2 aliphatic heterocycles. The summed E-state index contributed by atoms with van der Waals surface area (Å²) in [7, 11) is -4.08. The van der Waals surface area contributed by atoms with E-state index < -0.39 is 20.5 Å². The monoisotopic (exact) mass is 517 g/mol. The number of hydrogen-bond donors (Lipinski definition) is 2. The van der Waals surface area contributed by atoms with Crippen LogP contribution in [0, 0.1) is 6.92 Å². The summed E-state index contributed by atoms with van der Waals surface area (Å²) in [4.78, 5) is 28.6. The summed E-state index contributed by atoms with van der Waals surface area (Å²) in [6.07, 6.45) is 0.528. The molecule has 2 N–H and O–H groups in total. The van der Waals surface area contributed by atoms with E-state index in [2.05, 4.69) is 0 Å². The molecule has 194 valence electrons. The Morgan fingerprint density at radius 3 is 2.39 bits per heavy atom. The highest BCUT2D eigenvalue weighted by molar-refractivity contribution is 7.93. The molecule has 0 aliphatic carbocycles. The van der Waals surface area contributed by atoms with E-state index >= 15 is 0 Å². The lowest BCUT2D eigenvalue weighted by molar-refractivity contribution is -0.134. The number of carbonyl (C=O) groups is 2. The summed E-state index contributed by atoms with van der Waals surface area (Å²) < 4.78 is 35.8. The second kappa shape index (κ2) is 10.9. The maximum atomic E-state index is 13.3. The molecule has 4 rings (SSSR count). The highest BCUT2D eigenvalue weighted by Gasteiger charge is 2.52. The van der Waals surface area contributed by atoms with Crippen LogP contribution in [0.15, 0.2) is 53.4 Å². The van der Waals surface area contributed by atoms with Crippen molar-refractivity contribution in [1.82, 2.24) is 10.4 Å². The third-order valence-electron chi connectivity index (χ3n) is 6.75. The molecule has 0 atom stereocenters. The molecule has 36 heavy (non-hydrogen) atoms. The molecule has 2 fully saturated rings. The number of nitrogens with one attached hydrogen (secondary N) is 1. The van der Waals surface area contributed by atoms with Crippen LogP contribution in [0.2, 0.25) is 0 Å². The molecule has 2 saturated heterocycles. The Hall–Kier alpha value is -3.15. The fourth-order valence-corrected chi connectivity index (χ4v) is 6.50. The minimum absolute atomic E-state index is 0.0256. The van der Waals surface area contributed by atoms with Gasteiger partial charge in [-0.3, -0.25) is 14.9 Å². The van der Waals surface area contributed by atoms with E-state index in [1.54, 1.807) is 9.80 Å². The van der Waals surface area contributed by atoms with Gasteiger partial charge in [-0.25, -0.2) is 18.7 Å². The molecule has 0 spiro atoms. The Labute approximate surface area is 210 Å². The van der Waals surface area contributed by atoms with Crippen LogP contribution in [0.4, 0.5) is 10.5 Å². The van der Waals surface area contributed by atoms with E-state index in [1.165, 1.54) is 29.7 Å². The molecule has 2 heterocycles. The van der Waals surface area contributed by atoms with Gasteiger partial charge in [0.25, 0.3) is 5.91 Å². The lowest BCUT2D eigenvalue weighted by Gasteiger charge is -2.34. The number of benzene rings is 2. The van der Waals surface area contributed by atoms with Crippen molar-refractivity contribution in [2.45, 2.75) is 35.8 Å². The molecule has 0 bridgehead atoms. The number of aryl methyl sites for hydroxylation is 1. The molecule has 10 nitrogen and oxygen atoms in total. The number of nitrogens with zero attached hydrogens (tertiary/aromatic N) is 2. The number of urea groups is 1. The molecule has 2 aromatic rings. The zero-order valence-electron chi connectivity index (χ0n) is 20.2. The van der Waals surface area contributed by atoms with Crippen molar-refractivity contribution in [3.8, 4) is 5.75 Å². The summed E-state index contributed by atoms with van der Waals surface area (Å²) in [6, 6.07) is 13.7. The predicted octanol–water partition coefficient (Wildman–Crippen LogP) is 2.53. The number of hydrogen-bond acceptors (Lipinski definition) is 7. The van der Waals surface area contributed by atoms with Gasteiger partial charge in [-0.2, -0.15) is 0 Å². The van der Waals surface area contributed by atoms with Gasteiger partial charge in [-0.1, -0.05) is 17.7 Å². The minimum Gasteiger partial charge on any atom is -0.494 e. The second-order valence-electron chi connectivity index (χ2n) is 8.98. The van der Waals surface area contributed by atoms with E-state index in [9.17, 15) is 18.0 Å². The maximum absolute atomic E-state index is 13.3. The third-order valence-corrected chi connectivity index (χ3v) is 9.26. The average molecular weight is 518 g/mol. The van der Waals surface area contributed by atoms with Crippen LogP contribution in [0.5, 0.6) is 5.75 Å². The van der Waals surface area contributed by atoms with Crippen LogP contribution in [0.3, 0.4) is 0 Å². The smallest absolute Gasteiger partial charge is 0.324 e. The topological polar surface area (TPSA) is 125 Å². The van der Waals surface area contributed by atoms with Crippen molar-refractivity contribution >= 4 is 27.5 Å². The fourth-order valence-electron chi connectivity index (χ4n) is 4.56. The van der Waals surface area contributed by atoms with Crippen molar-refractivity contribution < 1.29 is 32.7 Å². The van der Waals surface area contributed by atoms with Crippen molar-refractivity contribution in [2.24, 2.45) is 0 Å². The number of ether oxygens (including phenoxy) is 2. The zero-order chi connectivity index (χ0) is 25.8. The van der Waals surface area contributed by atoms with Crippen molar-refractivity contribution in [1.29, 1.82) is 0 Å². The molecule has 0 unspecified atom stereocenters. The van der Waals surface area contributed by atoms with Gasteiger partial charge in [0.2, 0.25) is 0 Å². The van der Waals surface area contributed by atoms with E-state index in [0.717, 1.165) is 11.3 Å². The van der Waals surface area contributed by atoms with Crippen LogP contribution in [0.1, 0.15) is 24.8 Å². The summed E-state index contributed by atoms with van der Waals surface area (Å²) in [5, 5.41) is 9.15. The average Bonchev–Trinajstić information content (AvgIpc) is 3.27. The molecule has 0 aromatic heterocycles. The number of amides is 3. The van der Waals surface area contributed by atoms with Gasteiger partial charge in [0, 0.05) is 38.5 Å². The van der Waals surface area contributed by atoms with E-state index in [4.69, 9.17) is 14.7 Å². The molecule has 0 saturated carbocycles. The molecule has 2 aliphatic rings. The number of sulfone groups is 1. The molecule has 2 aromatic carbocycles. The van der Waals surface area contributed by atoms with E-state index in [1.807, 2.05) is 31.2 Å². The summed E-state index contributed by atoms with van der Waals surface area (Å²) >= 11 is 0. The zero-order valence-corrected chi connectivity index (χ0v) is 21.0. The molecule has 3 amide bonds. The first-order chi connectivity index (χ1) is 17.3. The molecular weight excluding hydrogens is 486 g/mol. The van der Waals surface area contributed by atoms with Crippen molar-refractivity contribution in [2.75, 3.05) is 44.4 Å². The van der Waals surface area contributed by atoms with Crippen molar-refractivity contribution in [3.63, 3.8) is 0 Å². The van der Waals surface area contributed by atoms with Gasteiger partial charge in [-0.15, -0.1) is 0 Å². The number of anilines is 1. The van der Waals surface area contributed by atoms with Gasteiger partial charge < -0.3 is 14.4 Å². The number of hydroxylamine groups is 1. The Kier molecular flexibility index (Phi) is 7.82. The van der Waals surface area contributed by atoms with Crippen LogP contribution in [-0.4, -0.2) is 74.7 Å². The first-order valence-corrected chi connectivity index (χ1v) is 13.4. The van der Waals surface area contributed by atoms with Crippen molar-refractivity contribution in [3.05, 3.63) is 54.1 Å². The Morgan fingerprint density at radius 2 is 1.75 bits per heavy atom. The Balaban J connectivity index is 1.31. The fraction of sp³-hybridized carbons (Fsp3) is 0.440. The lowest BCUT2D eigenvalue weighted by atomic mass is 9.98. The highest BCUT2D eigenvalue weighted by Crippen LogP contribution is 2.35. The number of carbonyl (C=O) groups excluding carboxylic acids is 2. The van der Waals surface area contributed by atoms with E-state index in [-0.39, 0.29) is 37.0 Å². The van der Waals surface area contributed by atoms with Gasteiger partial charge in [0.15, 0.2) is 14.6 Å². The molecular formula is C25H31N3O7S. The Bertz CT molecular complexity index is 1180. The normalized spacial score (nSPS) is 17.8. The highest BCUT2D eigenvalue weighted by atomic mass is 32.2. The third kappa shape index (κ3) is 5.04. The number of rotatable bonds is 9. The van der Waals surface area contributed by atoms with Gasteiger partial charge in [0.1, 0.15) is 5.75 Å². The van der Waals surface area contributed by atoms with E-state index in [0.29, 0.717) is 38.4 Å².